The van der Waals surface area contributed by atoms with E-state index in [0.717, 1.165) is 46.9 Å². The number of morpholine rings is 1. The van der Waals surface area contributed by atoms with E-state index in [1.165, 1.54) is 0 Å². The average Bonchev–Trinajstić information content (AvgIpc) is 3.22. The van der Waals surface area contributed by atoms with Gasteiger partial charge in [-0.05, 0) is 30.3 Å². The molecule has 0 radical (unpaired) electrons. The molecule has 3 aromatic rings. The summed E-state index contributed by atoms with van der Waals surface area (Å²) in [6.07, 6.45) is 0. The molecule has 8 heteroatoms. The van der Waals surface area contributed by atoms with Gasteiger partial charge in [0.05, 0.1) is 33.1 Å². The molecule has 0 N–H and O–H groups in total. The monoisotopic (exact) mass is 412 g/mol. The number of anilines is 1. The second-order valence-corrected chi connectivity index (χ2v) is 7.46. The van der Waals surface area contributed by atoms with Crippen LogP contribution in [0.25, 0.3) is 5.69 Å². The van der Waals surface area contributed by atoms with Crippen LogP contribution in [-0.4, -0.2) is 55.3 Å². The lowest BCUT2D eigenvalue weighted by Crippen LogP contribution is -2.37. The summed E-state index contributed by atoms with van der Waals surface area (Å²) >= 11 is 1.62. The van der Waals surface area contributed by atoms with Crippen LogP contribution in [0.5, 0.6) is 11.5 Å². The zero-order valence-corrected chi connectivity index (χ0v) is 17.4. The van der Waals surface area contributed by atoms with Crippen molar-refractivity contribution in [1.82, 2.24) is 14.8 Å². The van der Waals surface area contributed by atoms with Gasteiger partial charge in [0, 0.05) is 24.4 Å². The first-order valence-corrected chi connectivity index (χ1v) is 10.5. The van der Waals surface area contributed by atoms with Crippen molar-refractivity contribution in [1.29, 1.82) is 0 Å². The van der Waals surface area contributed by atoms with Gasteiger partial charge in [0.25, 0.3) is 0 Å². The van der Waals surface area contributed by atoms with Gasteiger partial charge in [-0.25, -0.2) is 0 Å². The highest BCUT2D eigenvalue weighted by Gasteiger charge is 2.22. The number of thioether (sulfide) groups is 1. The first-order valence-electron chi connectivity index (χ1n) is 9.47. The van der Waals surface area contributed by atoms with Crippen molar-refractivity contribution in [2.75, 3.05) is 45.4 Å². The normalized spacial score (nSPS) is 14.1. The molecule has 2 aromatic carbocycles. The van der Waals surface area contributed by atoms with Crippen molar-refractivity contribution >= 4 is 17.7 Å². The van der Waals surface area contributed by atoms with Gasteiger partial charge in [-0.3, -0.25) is 4.57 Å². The largest absolute Gasteiger partial charge is 0.497 e. The summed E-state index contributed by atoms with van der Waals surface area (Å²) in [6.45, 7) is 3.01. The molecule has 1 fully saturated rings. The Kier molecular flexibility index (Phi) is 6.21. The van der Waals surface area contributed by atoms with Crippen molar-refractivity contribution in [3.8, 4) is 17.2 Å². The second kappa shape index (κ2) is 9.19. The number of hydrogen-bond acceptors (Lipinski definition) is 7. The van der Waals surface area contributed by atoms with E-state index in [0.29, 0.717) is 19.0 Å². The molecule has 1 aliphatic rings. The van der Waals surface area contributed by atoms with Gasteiger partial charge >= 0.3 is 0 Å². The van der Waals surface area contributed by atoms with E-state index in [9.17, 15) is 0 Å². The minimum atomic E-state index is 0.689. The molecule has 0 atom stereocenters. The first-order chi connectivity index (χ1) is 14.3. The van der Waals surface area contributed by atoms with Crippen molar-refractivity contribution < 1.29 is 14.2 Å². The van der Waals surface area contributed by atoms with Crippen LogP contribution in [-0.2, 0) is 10.5 Å². The number of rotatable bonds is 7. The Morgan fingerprint density at radius 1 is 1.00 bits per heavy atom. The van der Waals surface area contributed by atoms with Gasteiger partial charge in [-0.15, -0.1) is 10.2 Å². The van der Waals surface area contributed by atoms with E-state index in [2.05, 4.69) is 31.8 Å². The quantitative estimate of drug-likeness (QED) is 0.551. The Balaban J connectivity index is 1.65. The Bertz CT molecular complexity index is 942. The van der Waals surface area contributed by atoms with E-state index < -0.39 is 0 Å². The minimum absolute atomic E-state index is 0.689. The maximum Gasteiger partial charge on any atom is 0.232 e. The molecule has 0 aliphatic carbocycles. The van der Waals surface area contributed by atoms with E-state index in [1.54, 1.807) is 26.0 Å². The van der Waals surface area contributed by atoms with Crippen molar-refractivity contribution in [2.45, 2.75) is 10.9 Å². The Morgan fingerprint density at radius 3 is 2.52 bits per heavy atom. The SMILES string of the molecule is COc1ccc(OC)c(CSc2nnc(N3CCOCC3)n2-c2ccccc2)c1. The lowest BCUT2D eigenvalue weighted by Gasteiger charge is -2.27. The highest BCUT2D eigenvalue weighted by molar-refractivity contribution is 7.98. The van der Waals surface area contributed by atoms with Crippen LogP contribution in [0.4, 0.5) is 5.95 Å². The molecule has 1 aliphatic heterocycles. The smallest absolute Gasteiger partial charge is 0.232 e. The lowest BCUT2D eigenvalue weighted by molar-refractivity contribution is 0.122. The van der Waals surface area contributed by atoms with E-state index >= 15 is 0 Å². The highest BCUT2D eigenvalue weighted by atomic mass is 32.2. The number of aromatic nitrogens is 3. The molecular formula is C21H24N4O3S. The molecule has 0 saturated carbocycles. The summed E-state index contributed by atoms with van der Waals surface area (Å²) in [4.78, 5) is 2.22. The Morgan fingerprint density at radius 2 is 1.79 bits per heavy atom. The number of hydrogen-bond donors (Lipinski definition) is 0. The zero-order chi connectivity index (χ0) is 20.1. The van der Waals surface area contributed by atoms with Gasteiger partial charge < -0.3 is 19.1 Å². The molecular weight excluding hydrogens is 388 g/mol. The lowest BCUT2D eigenvalue weighted by atomic mass is 10.2. The summed E-state index contributed by atoms with van der Waals surface area (Å²) in [5, 5.41) is 9.85. The van der Waals surface area contributed by atoms with Gasteiger partial charge in [0.1, 0.15) is 11.5 Å². The van der Waals surface area contributed by atoms with Crippen LogP contribution in [0.3, 0.4) is 0 Å². The number of methoxy groups -OCH3 is 2. The summed E-state index contributed by atoms with van der Waals surface area (Å²) in [5.74, 6) is 3.17. The molecule has 0 amide bonds. The minimum Gasteiger partial charge on any atom is -0.497 e. The first kappa shape index (κ1) is 19.6. The third-order valence-corrected chi connectivity index (χ3v) is 5.75. The van der Waals surface area contributed by atoms with Crippen LogP contribution in [0.15, 0.2) is 53.7 Å². The van der Waals surface area contributed by atoms with E-state index in [4.69, 9.17) is 14.2 Å². The molecule has 2 heterocycles. The fraction of sp³-hybridized carbons (Fsp3) is 0.333. The molecule has 7 nitrogen and oxygen atoms in total. The average molecular weight is 413 g/mol. The van der Waals surface area contributed by atoms with Gasteiger partial charge in [0.2, 0.25) is 5.95 Å². The van der Waals surface area contributed by atoms with Crippen molar-refractivity contribution in [3.63, 3.8) is 0 Å². The number of ether oxygens (including phenoxy) is 3. The molecule has 4 rings (SSSR count). The van der Waals surface area contributed by atoms with Crippen LogP contribution in [0.1, 0.15) is 5.56 Å². The van der Waals surface area contributed by atoms with Gasteiger partial charge in [-0.2, -0.15) is 0 Å². The highest BCUT2D eigenvalue weighted by Crippen LogP contribution is 2.33. The topological polar surface area (TPSA) is 61.6 Å². The fourth-order valence-electron chi connectivity index (χ4n) is 3.26. The third-order valence-electron chi connectivity index (χ3n) is 4.77. The van der Waals surface area contributed by atoms with Crippen LogP contribution in [0, 0.1) is 0 Å². The maximum absolute atomic E-state index is 5.51. The maximum atomic E-state index is 5.51. The van der Waals surface area contributed by atoms with Crippen LogP contribution >= 0.6 is 11.8 Å². The Hall–Kier alpha value is -2.71. The van der Waals surface area contributed by atoms with Crippen molar-refractivity contribution in [3.05, 3.63) is 54.1 Å². The summed E-state index contributed by atoms with van der Waals surface area (Å²) < 4.78 is 18.5. The predicted molar refractivity (Wildman–Crippen MR) is 113 cm³/mol. The molecule has 152 valence electrons. The van der Waals surface area contributed by atoms with Crippen molar-refractivity contribution in [2.24, 2.45) is 0 Å². The molecule has 0 bridgehead atoms. The van der Waals surface area contributed by atoms with Crippen LogP contribution < -0.4 is 14.4 Å². The predicted octanol–water partition coefficient (Wildman–Crippen LogP) is 3.41. The number of benzene rings is 2. The van der Waals surface area contributed by atoms with E-state index in [-0.39, 0.29) is 0 Å². The zero-order valence-electron chi connectivity index (χ0n) is 16.6. The third kappa shape index (κ3) is 4.33. The number of para-hydroxylation sites is 1. The fourth-order valence-corrected chi connectivity index (χ4v) is 4.19. The summed E-state index contributed by atoms with van der Waals surface area (Å²) in [6, 6.07) is 16.0. The Labute approximate surface area is 174 Å². The van der Waals surface area contributed by atoms with E-state index in [1.807, 2.05) is 36.4 Å². The summed E-state index contributed by atoms with van der Waals surface area (Å²) in [7, 11) is 3.35. The van der Waals surface area contributed by atoms with Crippen LogP contribution in [0.2, 0.25) is 0 Å². The molecule has 1 aromatic heterocycles. The molecule has 0 unspecified atom stereocenters. The molecule has 0 spiro atoms. The van der Waals surface area contributed by atoms with Gasteiger partial charge in [-0.1, -0.05) is 30.0 Å². The number of nitrogens with zero attached hydrogens (tertiary/aromatic N) is 4. The summed E-state index contributed by atoms with van der Waals surface area (Å²) in [5.41, 5.74) is 2.09. The molecule has 29 heavy (non-hydrogen) atoms. The van der Waals surface area contributed by atoms with Gasteiger partial charge in [0.15, 0.2) is 5.16 Å². The molecule has 1 saturated heterocycles. The second-order valence-electron chi connectivity index (χ2n) is 6.52. The standard InChI is InChI=1S/C21H24N4O3S/c1-26-18-8-9-19(27-2)16(14-18)15-29-21-23-22-20(24-10-12-28-13-11-24)25(21)17-6-4-3-5-7-17/h3-9,14H,10-13,15H2,1-2H3.